The normalized spacial score (nSPS) is 11.0. The highest BCUT2D eigenvalue weighted by Gasteiger charge is 2.16. The minimum absolute atomic E-state index is 0.00452. The van der Waals surface area contributed by atoms with Crippen LogP contribution in [0.3, 0.4) is 0 Å². The number of esters is 3. The Kier molecular flexibility index (Phi) is 15.6. The minimum atomic E-state index is -0.719. The van der Waals surface area contributed by atoms with Gasteiger partial charge in [0.2, 0.25) is 0 Å². The summed E-state index contributed by atoms with van der Waals surface area (Å²) in [4.78, 5) is 41.0. The van der Waals surface area contributed by atoms with Crippen molar-refractivity contribution in [3.8, 4) is 29.1 Å². The van der Waals surface area contributed by atoms with Gasteiger partial charge < -0.3 is 28.4 Å². The van der Waals surface area contributed by atoms with Crippen molar-refractivity contribution >= 4 is 44.6 Å². The van der Waals surface area contributed by atoms with Crippen LogP contribution in [-0.4, -0.2) is 62.5 Å². The van der Waals surface area contributed by atoms with E-state index >= 15 is 0 Å². The van der Waals surface area contributed by atoms with Crippen molar-refractivity contribution in [2.45, 2.75) is 25.5 Å². The third kappa shape index (κ3) is 12.8. The first-order valence-corrected chi connectivity index (χ1v) is 18.4. The predicted octanol–water partition coefficient (Wildman–Crippen LogP) is 7.04. The number of nitrogens with zero attached hydrogens (tertiary/aromatic N) is 1. The van der Waals surface area contributed by atoms with Gasteiger partial charge in [-0.1, -0.05) is 48.5 Å². The fraction of sp³-hybridized carbons (Fsp3) is 0.209. The van der Waals surface area contributed by atoms with Gasteiger partial charge in [-0.25, -0.2) is 24.8 Å². The lowest BCUT2D eigenvalue weighted by atomic mass is 10.1. The predicted molar refractivity (Wildman–Crippen MR) is 214 cm³/mol. The maximum Gasteiger partial charge on any atom is 0.343 e. The van der Waals surface area contributed by atoms with Crippen molar-refractivity contribution in [2.75, 3.05) is 39.0 Å². The first kappa shape index (κ1) is 40.7. The Balaban J connectivity index is 1.20. The van der Waals surface area contributed by atoms with Gasteiger partial charge in [0.15, 0.2) is 11.2 Å². The molecule has 0 aliphatic rings. The molecule has 13 heteroatoms. The Hall–Kier alpha value is -6.46. The molecule has 56 heavy (non-hydrogen) atoms. The molecule has 5 aromatic rings. The van der Waals surface area contributed by atoms with E-state index in [1.807, 2.05) is 54.6 Å². The van der Waals surface area contributed by atoms with Gasteiger partial charge in [0, 0.05) is 42.0 Å². The summed E-state index contributed by atoms with van der Waals surface area (Å²) < 4.78 is 34.0. The highest BCUT2D eigenvalue weighted by Crippen LogP contribution is 2.26. The number of unbranched alkanes of at least 4 members (excludes halogenated alkanes) is 1. The van der Waals surface area contributed by atoms with Gasteiger partial charge in [-0.3, -0.25) is 5.43 Å². The van der Waals surface area contributed by atoms with Crippen LogP contribution in [-0.2, 0) is 30.3 Å². The fourth-order valence-corrected chi connectivity index (χ4v) is 5.81. The number of nitrogens with one attached hydrogen (secondary N) is 2. The average molecular weight is 776 g/mol. The number of hydrogen-bond acceptors (Lipinski definition) is 13. The molecule has 0 spiro atoms. The van der Waals surface area contributed by atoms with E-state index in [2.05, 4.69) is 40.8 Å². The number of fused-ring (bicyclic) bond motifs is 1. The zero-order valence-electron chi connectivity index (χ0n) is 30.8. The Morgan fingerprint density at radius 3 is 2.30 bits per heavy atom. The van der Waals surface area contributed by atoms with Gasteiger partial charge in [0.05, 0.1) is 36.1 Å². The third-order valence-electron chi connectivity index (χ3n) is 7.85. The number of carbonyl (C=O) groups excluding carboxylic acids is 3. The van der Waals surface area contributed by atoms with Gasteiger partial charge in [0.25, 0.3) is 0 Å². The average Bonchev–Trinajstić information content (AvgIpc) is 3.65. The molecule has 2 N–H and O–H groups in total. The molecule has 0 saturated heterocycles. The lowest BCUT2D eigenvalue weighted by molar-refractivity contribution is -0.148. The maximum absolute atomic E-state index is 13.3. The lowest BCUT2D eigenvalue weighted by Crippen LogP contribution is -2.29. The third-order valence-corrected chi connectivity index (χ3v) is 8.80. The van der Waals surface area contributed by atoms with E-state index in [1.165, 1.54) is 11.3 Å². The number of para-hydroxylation sites is 1. The summed E-state index contributed by atoms with van der Waals surface area (Å²) in [5, 5.41) is 0.695. The molecular weight excluding hydrogens is 735 g/mol. The molecule has 0 bridgehead atoms. The van der Waals surface area contributed by atoms with Gasteiger partial charge in [-0.05, 0) is 91.7 Å². The summed E-state index contributed by atoms with van der Waals surface area (Å²) in [6.07, 6.45) is 2.69. The van der Waals surface area contributed by atoms with E-state index in [1.54, 1.807) is 43.5 Å². The summed E-state index contributed by atoms with van der Waals surface area (Å²) in [5.41, 5.74) is 9.76. The maximum atomic E-state index is 13.3. The van der Waals surface area contributed by atoms with Crippen molar-refractivity contribution < 1.29 is 42.8 Å². The van der Waals surface area contributed by atoms with Crippen LogP contribution in [0, 0.1) is 11.8 Å². The second kappa shape index (κ2) is 21.4. The van der Waals surface area contributed by atoms with Gasteiger partial charge in [-0.15, -0.1) is 0 Å². The van der Waals surface area contributed by atoms with E-state index in [0.29, 0.717) is 47.2 Å². The summed E-state index contributed by atoms with van der Waals surface area (Å²) >= 11 is 1.51. The van der Waals surface area contributed by atoms with Crippen LogP contribution >= 0.6 is 11.3 Å². The molecule has 1 atom stereocenters. The molecule has 0 radical (unpaired) electrons. The van der Waals surface area contributed by atoms with Crippen LogP contribution in [0.5, 0.6) is 17.2 Å². The standard InChI is InChI=1S/C43H41N3O9S/c1-4-40(47)52-25-9-8-24-51-28-36(54-41(48)5-2)29-53-35-21-17-32(18-22-35)42(49)55-38-23-16-31(13-12-30-14-19-34(50-3)20-15-30)26-33(38)27-44-46-43-45-37-10-6-7-11-39(37)56-43/h4-7,10-11,14-23,26,36,44H,1-2,8-9,24-25,27-29H2,3H3,(H,45,46). The topological polar surface area (TPSA) is 144 Å². The number of rotatable bonds is 20. The number of anilines is 1. The van der Waals surface area contributed by atoms with Gasteiger partial charge >= 0.3 is 17.9 Å². The molecule has 0 saturated carbocycles. The SMILES string of the molecule is C=CC(=O)OCCCCOCC(COc1ccc(C(=O)Oc2ccc(C#Cc3ccc(OC)cc3)cc2CNNc2nc3ccccc3s2)cc1)OC(=O)C=C. The highest BCUT2D eigenvalue weighted by molar-refractivity contribution is 7.22. The minimum Gasteiger partial charge on any atom is -0.497 e. The molecule has 0 amide bonds. The van der Waals surface area contributed by atoms with Crippen LogP contribution in [0.25, 0.3) is 10.2 Å². The van der Waals surface area contributed by atoms with Crippen LogP contribution in [0.4, 0.5) is 5.13 Å². The Morgan fingerprint density at radius 2 is 1.55 bits per heavy atom. The Bertz CT molecular complexity index is 2140. The number of benzene rings is 4. The highest BCUT2D eigenvalue weighted by atomic mass is 32.1. The zero-order chi connectivity index (χ0) is 39.5. The van der Waals surface area contributed by atoms with Crippen LogP contribution < -0.4 is 25.1 Å². The monoisotopic (exact) mass is 775 g/mol. The molecule has 0 aliphatic heterocycles. The van der Waals surface area contributed by atoms with Crippen LogP contribution in [0.2, 0.25) is 0 Å². The van der Waals surface area contributed by atoms with E-state index in [0.717, 1.165) is 39.2 Å². The first-order chi connectivity index (χ1) is 27.3. The van der Waals surface area contributed by atoms with Crippen LogP contribution in [0.15, 0.2) is 116 Å². The molecular formula is C43H41N3O9S. The number of hydrazine groups is 1. The molecule has 12 nitrogen and oxygen atoms in total. The van der Waals surface area contributed by atoms with Crippen LogP contribution in [0.1, 0.15) is 39.9 Å². The summed E-state index contributed by atoms with van der Waals surface area (Å²) in [5.74, 6) is 6.22. The van der Waals surface area contributed by atoms with Crippen molar-refractivity contribution in [1.82, 2.24) is 10.4 Å². The Labute approximate surface area is 329 Å². The van der Waals surface area contributed by atoms with Crippen molar-refractivity contribution in [3.63, 3.8) is 0 Å². The Morgan fingerprint density at radius 1 is 0.839 bits per heavy atom. The van der Waals surface area contributed by atoms with Crippen molar-refractivity contribution in [1.29, 1.82) is 0 Å². The molecule has 1 unspecified atom stereocenters. The van der Waals surface area contributed by atoms with E-state index < -0.39 is 24.0 Å². The van der Waals surface area contributed by atoms with E-state index in [4.69, 9.17) is 28.4 Å². The molecule has 1 heterocycles. The number of aromatic nitrogens is 1. The number of methoxy groups -OCH3 is 1. The smallest absolute Gasteiger partial charge is 0.343 e. The second-order valence-electron chi connectivity index (χ2n) is 11.9. The van der Waals surface area contributed by atoms with E-state index in [-0.39, 0.29) is 26.4 Å². The number of hydrogen-bond donors (Lipinski definition) is 2. The van der Waals surface area contributed by atoms with Crippen molar-refractivity contribution in [2.24, 2.45) is 0 Å². The largest absolute Gasteiger partial charge is 0.497 e. The second-order valence-corrected chi connectivity index (χ2v) is 12.9. The summed E-state index contributed by atoms with van der Waals surface area (Å²) in [6.45, 7) is 7.78. The zero-order valence-corrected chi connectivity index (χ0v) is 31.6. The lowest BCUT2D eigenvalue weighted by Gasteiger charge is -2.18. The summed E-state index contributed by atoms with van der Waals surface area (Å²) in [6, 6.07) is 27.1. The van der Waals surface area contributed by atoms with Crippen molar-refractivity contribution in [3.05, 3.63) is 139 Å². The first-order valence-electron chi connectivity index (χ1n) is 17.6. The molecule has 4 aromatic carbocycles. The number of ether oxygens (including phenoxy) is 6. The molecule has 5 rings (SSSR count). The fourth-order valence-electron chi connectivity index (χ4n) is 4.97. The summed E-state index contributed by atoms with van der Waals surface area (Å²) in [7, 11) is 1.61. The van der Waals surface area contributed by atoms with E-state index in [9.17, 15) is 14.4 Å². The quantitative estimate of drug-likeness (QED) is 0.0209. The number of thiazole rings is 1. The molecule has 0 fully saturated rings. The molecule has 0 aliphatic carbocycles. The number of carbonyl (C=O) groups is 3. The van der Waals surface area contributed by atoms with Gasteiger partial charge in [-0.2, -0.15) is 0 Å². The molecule has 1 aromatic heterocycles. The van der Waals surface area contributed by atoms with Gasteiger partial charge in [0.1, 0.15) is 23.9 Å². The molecule has 288 valence electrons.